The topological polar surface area (TPSA) is 50.7 Å². The molecule has 1 aromatic carbocycles. The van der Waals surface area contributed by atoms with Crippen LogP contribution in [0.2, 0.25) is 0 Å². The minimum absolute atomic E-state index is 0.172. The molecule has 1 saturated carbocycles. The van der Waals surface area contributed by atoms with Crippen molar-refractivity contribution in [1.82, 2.24) is 5.32 Å². The van der Waals surface area contributed by atoms with Gasteiger partial charge in [-0.1, -0.05) is 25.8 Å². The Morgan fingerprint density at radius 1 is 1.36 bits per heavy atom. The number of hydrogen-bond acceptors (Lipinski definition) is 4. The van der Waals surface area contributed by atoms with E-state index in [0.717, 1.165) is 24.5 Å². The van der Waals surface area contributed by atoms with Gasteiger partial charge in [-0.2, -0.15) is 0 Å². The fourth-order valence-corrected chi connectivity index (χ4v) is 1.95. The lowest BCUT2D eigenvalue weighted by atomic mass is 10.1. The minimum atomic E-state index is -3.09. The Labute approximate surface area is 143 Å². The van der Waals surface area contributed by atoms with E-state index in [9.17, 15) is 5.11 Å². The average Bonchev–Trinajstić information content (AvgIpc) is 3.45. The van der Waals surface area contributed by atoms with E-state index in [1.54, 1.807) is 12.1 Å². The standard InChI is InChI=1S/C18H29NO3/c1-14(2)19-11-17(20)13-22-18-7-5-15(6-8-18)9-10-21-12-16-3-4-16/h5-8,14,16-17,19-20H,3-4,9-13H2,1-2H3/t17-/m1/s1/i1D3,2D3,14D. The molecule has 1 atom stereocenters. The number of rotatable bonds is 11. The Hall–Kier alpha value is -1.10. The molecule has 2 rings (SSSR count). The van der Waals surface area contributed by atoms with Gasteiger partial charge >= 0.3 is 0 Å². The Bertz CT molecular complexity index is 616. The van der Waals surface area contributed by atoms with Gasteiger partial charge in [-0.25, -0.2) is 0 Å². The van der Waals surface area contributed by atoms with Gasteiger partial charge in [-0.3, -0.25) is 0 Å². The molecule has 2 N–H and O–H groups in total. The van der Waals surface area contributed by atoms with Crippen LogP contribution in [0.15, 0.2) is 24.3 Å². The summed E-state index contributed by atoms with van der Waals surface area (Å²) in [7, 11) is 0. The number of ether oxygens (including phenoxy) is 2. The van der Waals surface area contributed by atoms with Crippen molar-refractivity contribution in [2.45, 2.75) is 45.1 Å². The van der Waals surface area contributed by atoms with Crippen LogP contribution in [0.1, 0.15) is 41.7 Å². The summed E-state index contributed by atoms with van der Waals surface area (Å²) in [6.07, 6.45) is 2.15. The fraction of sp³-hybridized carbons (Fsp3) is 0.667. The third-order valence-corrected chi connectivity index (χ3v) is 3.47. The number of hydrogen-bond donors (Lipinski definition) is 2. The van der Waals surface area contributed by atoms with Crippen LogP contribution in [0.25, 0.3) is 0 Å². The highest BCUT2D eigenvalue weighted by Crippen LogP contribution is 2.28. The average molecular weight is 314 g/mol. The van der Waals surface area contributed by atoms with Crippen molar-refractivity contribution in [3.63, 3.8) is 0 Å². The monoisotopic (exact) mass is 314 g/mol. The van der Waals surface area contributed by atoms with E-state index in [4.69, 9.17) is 19.1 Å². The SMILES string of the molecule is [2H]C([2H])([2H])C([2H])(NC[C@@H](O)COc1ccc(CCOCC2CC2)cc1)C([2H])([2H])[2H]. The zero-order valence-corrected chi connectivity index (χ0v) is 12.7. The minimum Gasteiger partial charge on any atom is -0.491 e. The number of nitrogens with one attached hydrogen (secondary N) is 1. The fourth-order valence-electron chi connectivity index (χ4n) is 1.95. The third-order valence-electron chi connectivity index (χ3n) is 3.47. The molecule has 0 spiro atoms. The van der Waals surface area contributed by atoms with Crippen LogP contribution in [-0.2, 0) is 11.2 Å². The van der Waals surface area contributed by atoms with E-state index in [0.29, 0.717) is 12.4 Å². The number of benzene rings is 1. The van der Waals surface area contributed by atoms with Crippen LogP contribution in [0.3, 0.4) is 0 Å². The molecule has 0 amide bonds. The summed E-state index contributed by atoms with van der Waals surface area (Å²) in [4.78, 5) is 0. The number of aliphatic hydroxyl groups excluding tert-OH is 1. The molecule has 22 heavy (non-hydrogen) atoms. The largest absolute Gasteiger partial charge is 0.491 e. The first kappa shape index (κ1) is 9.91. The molecule has 0 heterocycles. The van der Waals surface area contributed by atoms with Crippen molar-refractivity contribution in [2.24, 2.45) is 5.92 Å². The lowest BCUT2D eigenvalue weighted by Crippen LogP contribution is -2.35. The molecule has 1 aromatic rings. The molecule has 1 aliphatic carbocycles. The predicted molar refractivity (Wildman–Crippen MR) is 88.3 cm³/mol. The second kappa shape index (κ2) is 9.13. The molecule has 0 bridgehead atoms. The lowest BCUT2D eigenvalue weighted by Gasteiger charge is -2.15. The Morgan fingerprint density at radius 3 is 2.82 bits per heavy atom. The summed E-state index contributed by atoms with van der Waals surface area (Å²) in [6.45, 7) is -5.25. The van der Waals surface area contributed by atoms with E-state index in [1.807, 2.05) is 12.1 Å². The van der Waals surface area contributed by atoms with Gasteiger partial charge in [0.05, 0.1) is 6.61 Å². The summed E-state index contributed by atoms with van der Waals surface area (Å²) in [5, 5.41) is 12.2. The van der Waals surface area contributed by atoms with Crippen LogP contribution < -0.4 is 10.1 Å². The molecular formula is C18H29NO3. The van der Waals surface area contributed by atoms with E-state index in [-0.39, 0.29) is 6.61 Å². The lowest BCUT2D eigenvalue weighted by molar-refractivity contribution is 0.104. The molecule has 4 nitrogen and oxygen atoms in total. The molecule has 1 aliphatic rings. The normalized spacial score (nSPS) is 22.3. The third kappa shape index (κ3) is 7.25. The first-order valence-electron chi connectivity index (χ1n) is 11.1. The number of aliphatic hydroxyl groups is 1. The van der Waals surface area contributed by atoms with Gasteiger partial charge in [-0.05, 0) is 42.9 Å². The summed E-state index contributed by atoms with van der Waals surface area (Å²) in [5.74, 6) is 1.27. The van der Waals surface area contributed by atoms with E-state index >= 15 is 0 Å². The molecule has 1 fully saturated rings. The highest BCUT2D eigenvalue weighted by molar-refractivity contribution is 5.27. The zero-order valence-electron chi connectivity index (χ0n) is 19.7. The van der Waals surface area contributed by atoms with Gasteiger partial charge in [0.15, 0.2) is 0 Å². The van der Waals surface area contributed by atoms with Gasteiger partial charge in [0.1, 0.15) is 18.5 Å². The van der Waals surface area contributed by atoms with Gasteiger partial charge in [0, 0.05) is 28.8 Å². The Kier molecular flexibility index (Phi) is 4.11. The van der Waals surface area contributed by atoms with Crippen molar-refractivity contribution >= 4 is 0 Å². The van der Waals surface area contributed by atoms with E-state index in [1.165, 1.54) is 12.8 Å². The van der Waals surface area contributed by atoms with Gasteiger partial charge in [-0.15, -0.1) is 0 Å². The van der Waals surface area contributed by atoms with Crippen molar-refractivity contribution in [2.75, 3.05) is 26.4 Å². The molecule has 0 aromatic heterocycles. The van der Waals surface area contributed by atoms with Gasteiger partial charge < -0.3 is 19.9 Å². The second-order valence-electron chi connectivity index (χ2n) is 5.63. The molecular weight excluding hydrogens is 278 g/mol. The molecule has 0 unspecified atom stereocenters. The highest BCUT2D eigenvalue weighted by atomic mass is 16.5. The summed E-state index contributed by atoms with van der Waals surface area (Å²) < 4.78 is 62.9. The zero-order chi connectivity index (χ0) is 21.7. The van der Waals surface area contributed by atoms with Crippen LogP contribution in [0.4, 0.5) is 0 Å². The first-order valence-corrected chi connectivity index (χ1v) is 7.65. The molecule has 124 valence electrons. The maximum atomic E-state index is 10.00. The van der Waals surface area contributed by atoms with Gasteiger partial charge in [0.25, 0.3) is 0 Å². The quantitative estimate of drug-likeness (QED) is 0.616. The van der Waals surface area contributed by atoms with Crippen molar-refractivity contribution in [1.29, 1.82) is 0 Å². The van der Waals surface area contributed by atoms with Crippen molar-refractivity contribution in [3.8, 4) is 5.75 Å². The maximum Gasteiger partial charge on any atom is 0.119 e. The van der Waals surface area contributed by atoms with Gasteiger partial charge in [0.2, 0.25) is 0 Å². The molecule has 0 aliphatic heterocycles. The van der Waals surface area contributed by atoms with E-state index < -0.39 is 32.4 Å². The second-order valence-corrected chi connectivity index (χ2v) is 5.63. The van der Waals surface area contributed by atoms with Crippen LogP contribution >= 0.6 is 0 Å². The van der Waals surface area contributed by atoms with Crippen LogP contribution in [0.5, 0.6) is 5.75 Å². The predicted octanol–water partition coefficient (Wildman–Crippen LogP) is 2.39. The Balaban J connectivity index is 1.74. The summed E-state index contributed by atoms with van der Waals surface area (Å²) in [5.41, 5.74) is 1.10. The summed E-state index contributed by atoms with van der Waals surface area (Å²) >= 11 is 0. The van der Waals surface area contributed by atoms with E-state index in [2.05, 4.69) is 5.32 Å². The van der Waals surface area contributed by atoms with Crippen molar-refractivity contribution < 1.29 is 24.2 Å². The molecule has 0 radical (unpaired) electrons. The van der Waals surface area contributed by atoms with Crippen LogP contribution in [0, 0.1) is 5.92 Å². The first-order chi connectivity index (χ1) is 13.4. The van der Waals surface area contributed by atoms with Crippen molar-refractivity contribution in [3.05, 3.63) is 29.8 Å². The summed E-state index contributed by atoms with van der Waals surface area (Å²) in [6, 6.07) is 4.45. The maximum absolute atomic E-state index is 10.00. The Morgan fingerprint density at radius 2 is 2.14 bits per heavy atom. The highest BCUT2D eigenvalue weighted by Gasteiger charge is 2.20. The smallest absolute Gasteiger partial charge is 0.119 e. The molecule has 4 heteroatoms. The molecule has 0 saturated heterocycles. The van der Waals surface area contributed by atoms with Crippen LogP contribution in [-0.4, -0.2) is 43.6 Å².